The molecule has 3 amide bonds. The third-order valence-electron chi connectivity index (χ3n) is 6.63. The van der Waals surface area contributed by atoms with Crippen LogP contribution in [0.5, 0.6) is 5.75 Å². The Bertz CT molecular complexity index is 1260. The number of methoxy groups -OCH3 is 1. The summed E-state index contributed by atoms with van der Waals surface area (Å²) in [5.74, 6) is -1.60. The van der Waals surface area contributed by atoms with Crippen molar-refractivity contribution < 1.29 is 28.7 Å². The summed E-state index contributed by atoms with van der Waals surface area (Å²) in [6.07, 6.45) is 1.67. The molecule has 35 heavy (non-hydrogen) atoms. The molecule has 2 aromatic rings. The number of para-hydroxylation sites is 1. The quantitative estimate of drug-likeness (QED) is 0.614. The minimum absolute atomic E-state index is 0.0907. The van der Waals surface area contributed by atoms with Gasteiger partial charge in [0.05, 0.1) is 24.0 Å². The third kappa shape index (κ3) is 3.70. The molecule has 5 rings (SSSR count). The molecule has 3 aliphatic rings. The zero-order valence-corrected chi connectivity index (χ0v) is 20.1. The van der Waals surface area contributed by atoms with Gasteiger partial charge in [0.2, 0.25) is 11.6 Å². The van der Waals surface area contributed by atoms with Crippen molar-refractivity contribution in [3.63, 3.8) is 0 Å². The SMILES string of the molecule is COc1cc(Cl)c(C)cc1NC(=O)COC(=O)C12CCC(=O)N1c1ccccc1C(=O)N2C1CC1. The lowest BCUT2D eigenvalue weighted by atomic mass is 9.96. The minimum Gasteiger partial charge on any atom is -0.495 e. The highest BCUT2D eigenvalue weighted by atomic mass is 35.5. The Hall–Kier alpha value is -3.59. The Morgan fingerprint density at radius 3 is 2.66 bits per heavy atom. The van der Waals surface area contributed by atoms with E-state index in [4.69, 9.17) is 21.1 Å². The molecule has 1 saturated carbocycles. The largest absolute Gasteiger partial charge is 0.495 e. The molecule has 0 spiro atoms. The molecule has 182 valence electrons. The first-order chi connectivity index (χ1) is 16.8. The van der Waals surface area contributed by atoms with Crippen molar-refractivity contribution in [1.29, 1.82) is 0 Å². The van der Waals surface area contributed by atoms with E-state index in [0.717, 1.165) is 18.4 Å². The molecule has 0 radical (unpaired) electrons. The minimum atomic E-state index is -1.60. The lowest BCUT2D eigenvalue weighted by Crippen LogP contribution is -2.69. The van der Waals surface area contributed by atoms with Gasteiger partial charge in [0, 0.05) is 30.0 Å². The fraction of sp³-hybridized carbons (Fsp3) is 0.360. The molecule has 10 heteroatoms. The van der Waals surface area contributed by atoms with E-state index < -0.39 is 24.1 Å². The Morgan fingerprint density at radius 2 is 1.94 bits per heavy atom. The number of amides is 3. The Kier molecular flexibility index (Phi) is 5.67. The first-order valence-corrected chi connectivity index (χ1v) is 11.7. The summed E-state index contributed by atoms with van der Waals surface area (Å²) in [6, 6.07) is 9.83. The smallest absolute Gasteiger partial charge is 0.354 e. The first-order valence-electron chi connectivity index (χ1n) is 11.3. The van der Waals surface area contributed by atoms with Crippen LogP contribution in [-0.4, -0.2) is 54.0 Å². The molecule has 1 aliphatic carbocycles. The van der Waals surface area contributed by atoms with Gasteiger partial charge in [-0.15, -0.1) is 0 Å². The summed E-state index contributed by atoms with van der Waals surface area (Å²) < 4.78 is 10.7. The van der Waals surface area contributed by atoms with E-state index in [1.165, 1.54) is 16.9 Å². The first kappa shape index (κ1) is 23.2. The standard InChI is InChI=1S/C25H24ClN3O6/c1-14-11-18(20(34-2)12-17(14)26)27-21(30)13-35-24(33)25-10-9-22(31)29(25)19-6-4-3-5-16(19)23(32)28(25)15-7-8-15/h3-6,11-12,15H,7-10,13H2,1-2H3,(H,27,30). The van der Waals surface area contributed by atoms with E-state index in [2.05, 4.69) is 5.32 Å². The number of carbonyl (C=O) groups excluding carboxylic acids is 4. The molecular weight excluding hydrogens is 474 g/mol. The van der Waals surface area contributed by atoms with E-state index in [1.54, 1.807) is 43.3 Å². The maximum atomic E-state index is 13.6. The van der Waals surface area contributed by atoms with Gasteiger partial charge in [-0.3, -0.25) is 19.3 Å². The van der Waals surface area contributed by atoms with E-state index in [0.29, 0.717) is 27.7 Å². The third-order valence-corrected chi connectivity index (χ3v) is 7.03. The number of halogens is 1. The lowest BCUT2D eigenvalue weighted by Gasteiger charge is -2.48. The van der Waals surface area contributed by atoms with Crippen molar-refractivity contribution in [1.82, 2.24) is 4.90 Å². The van der Waals surface area contributed by atoms with Gasteiger partial charge in [-0.2, -0.15) is 0 Å². The summed E-state index contributed by atoms with van der Waals surface area (Å²) >= 11 is 6.12. The number of carbonyl (C=O) groups is 4. The number of esters is 1. The van der Waals surface area contributed by atoms with Crippen molar-refractivity contribution >= 4 is 46.7 Å². The molecule has 1 N–H and O–H groups in total. The fourth-order valence-corrected chi connectivity index (χ4v) is 5.03. The maximum Gasteiger partial charge on any atom is 0.354 e. The summed E-state index contributed by atoms with van der Waals surface area (Å²) in [4.78, 5) is 55.5. The number of nitrogens with one attached hydrogen (secondary N) is 1. The highest BCUT2D eigenvalue weighted by Gasteiger charge is 2.64. The number of benzene rings is 2. The van der Waals surface area contributed by atoms with Crippen LogP contribution in [0.15, 0.2) is 36.4 Å². The van der Waals surface area contributed by atoms with E-state index in [1.807, 2.05) is 0 Å². The summed E-state index contributed by atoms with van der Waals surface area (Å²) in [7, 11) is 1.45. The van der Waals surface area contributed by atoms with Crippen molar-refractivity contribution in [3.8, 4) is 5.75 Å². The van der Waals surface area contributed by atoms with Gasteiger partial charge in [0.25, 0.3) is 11.8 Å². The van der Waals surface area contributed by atoms with E-state index >= 15 is 0 Å². The number of hydrogen-bond acceptors (Lipinski definition) is 6. The molecule has 9 nitrogen and oxygen atoms in total. The van der Waals surface area contributed by atoms with Crippen LogP contribution in [0.1, 0.15) is 41.6 Å². The Balaban J connectivity index is 1.40. The van der Waals surface area contributed by atoms with Crippen molar-refractivity contribution in [2.45, 2.75) is 44.3 Å². The number of fused-ring (bicyclic) bond motifs is 3. The van der Waals surface area contributed by atoms with Crippen LogP contribution in [0.2, 0.25) is 5.02 Å². The predicted molar refractivity (Wildman–Crippen MR) is 127 cm³/mol. The van der Waals surface area contributed by atoms with Crippen molar-refractivity contribution in [2.75, 3.05) is 23.9 Å². The average Bonchev–Trinajstić information content (AvgIpc) is 3.62. The highest BCUT2D eigenvalue weighted by Crippen LogP contribution is 2.49. The molecule has 2 aliphatic heterocycles. The Labute approximate surface area is 206 Å². The van der Waals surface area contributed by atoms with Crippen LogP contribution in [0.3, 0.4) is 0 Å². The van der Waals surface area contributed by atoms with Gasteiger partial charge in [-0.05, 0) is 43.5 Å². The van der Waals surface area contributed by atoms with E-state index in [9.17, 15) is 19.2 Å². The molecule has 2 fully saturated rings. The zero-order chi connectivity index (χ0) is 24.9. The summed E-state index contributed by atoms with van der Waals surface area (Å²) in [6.45, 7) is 1.19. The molecule has 0 bridgehead atoms. The van der Waals surface area contributed by atoms with Gasteiger partial charge >= 0.3 is 5.97 Å². The van der Waals surface area contributed by atoms with Crippen LogP contribution in [-0.2, 0) is 19.1 Å². The van der Waals surface area contributed by atoms with Crippen molar-refractivity contribution in [3.05, 3.63) is 52.5 Å². The number of ether oxygens (including phenoxy) is 2. The molecular formula is C25H24ClN3O6. The van der Waals surface area contributed by atoms with Crippen LogP contribution in [0.25, 0.3) is 0 Å². The van der Waals surface area contributed by atoms with Crippen LogP contribution < -0.4 is 15.0 Å². The predicted octanol–water partition coefficient (Wildman–Crippen LogP) is 3.28. The molecule has 1 saturated heterocycles. The number of anilines is 2. The van der Waals surface area contributed by atoms with Crippen LogP contribution in [0.4, 0.5) is 11.4 Å². The second kappa shape index (κ2) is 8.57. The van der Waals surface area contributed by atoms with Gasteiger partial charge in [-0.1, -0.05) is 23.7 Å². The van der Waals surface area contributed by atoms with Gasteiger partial charge in [0.1, 0.15) is 5.75 Å². The van der Waals surface area contributed by atoms with Crippen LogP contribution in [0, 0.1) is 6.92 Å². The molecule has 1 unspecified atom stereocenters. The number of rotatable bonds is 6. The number of hydrogen-bond donors (Lipinski definition) is 1. The summed E-state index contributed by atoms with van der Waals surface area (Å²) in [5.41, 5.74) is 0.282. The second-order valence-electron chi connectivity index (χ2n) is 8.90. The topological polar surface area (TPSA) is 105 Å². The molecule has 0 aromatic heterocycles. The maximum absolute atomic E-state index is 13.6. The Morgan fingerprint density at radius 1 is 1.20 bits per heavy atom. The van der Waals surface area contributed by atoms with Gasteiger partial charge < -0.3 is 19.7 Å². The lowest BCUT2D eigenvalue weighted by molar-refractivity contribution is -0.159. The molecule has 1 atom stereocenters. The molecule has 2 aromatic carbocycles. The second-order valence-corrected chi connectivity index (χ2v) is 9.30. The fourth-order valence-electron chi connectivity index (χ4n) is 4.88. The normalized spacial score (nSPS) is 20.9. The van der Waals surface area contributed by atoms with Crippen LogP contribution >= 0.6 is 11.6 Å². The number of aryl methyl sites for hydroxylation is 1. The highest BCUT2D eigenvalue weighted by molar-refractivity contribution is 6.31. The monoisotopic (exact) mass is 497 g/mol. The van der Waals surface area contributed by atoms with Crippen molar-refractivity contribution in [2.24, 2.45) is 0 Å². The molecule has 2 heterocycles. The summed E-state index contributed by atoms with van der Waals surface area (Å²) in [5, 5.41) is 3.15. The van der Waals surface area contributed by atoms with Gasteiger partial charge in [0.15, 0.2) is 6.61 Å². The average molecular weight is 498 g/mol. The zero-order valence-electron chi connectivity index (χ0n) is 19.3. The van der Waals surface area contributed by atoms with Gasteiger partial charge in [-0.25, -0.2) is 4.79 Å². The number of nitrogens with zero attached hydrogens (tertiary/aromatic N) is 2. The van der Waals surface area contributed by atoms with E-state index in [-0.39, 0.29) is 30.7 Å².